The standard InChI is InChI=1S/C17H17Cl2NO2/c1-3-12-6-4-5-7-15(12)20-17(21)11(2)22-16-9-8-13(18)10-14(16)19/h4-11H,3H2,1-2H3,(H,20,21)/t11-/m0/s1. The lowest BCUT2D eigenvalue weighted by molar-refractivity contribution is -0.122. The van der Waals surface area contributed by atoms with E-state index in [1.165, 1.54) is 0 Å². The van der Waals surface area contributed by atoms with Gasteiger partial charge in [0.2, 0.25) is 0 Å². The molecule has 2 aromatic rings. The van der Waals surface area contributed by atoms with Crippen LogP contribution in [0.25, 0.3) is 0 Å². The molecule has 0 spiro atoms. The largest absolute Gasteiger partial charge is 0.479 e. The molecule has 22 heavy (non-hydrogen) atoms. The monoisotopic (exact) mass is 337 g/mol. The van der Waals surface area contributed by atoms with Gasteiger partial charge in [-0.2, -0.15) is 0 Å². The van der Waals surface area contributed by atoms with E-state index >= 15 is 0 Å². The van der Waals surface area contributed by atoms with Gasteiger partial charge in [0, 0.05) is 10.7 Å². The number of amides is 1. The lowest BCUT2D eigenvalue weighted by atomic mass is 10.1. The van der Waals surface area contributed by atoms with E-state index in [0.717, 1.165) is 17.7 Å². The number of aryl methyl sites for hydroxylation is 1. The molecule has 0 aliphatic carbocycles. The van der Waals surface area contributed by atoms with Crippen molar-refractivity contribution in [1.29, 1.82) is 0 Å². The number of hydrogen-bond acceptors (Lipinski definition) is 2. The minimum Gasteiger partial charge on any atom is -0.479 e. The molecule has 0 aromatic heterocycles. The van der Waals surface area contributed by atoms with Crippen LogP contribution in [0.3, 0.4) is 0 Å². The highest BCUT2D eigenvalue weighted by Gasteiger charge is 2.17. The number of halogens is 2. The lowest BCUT2D eigenvalue weighted by Gasteiger charge is -2.17. The number of nitrogens with one attached hydrogen (secondary N) is 1. The Bertz CT molecular complexity index is 673. The zero-order valence-corrected chi connectivity index (χ0v) is 13.9. The van der Waals surface area contributed by atoms with Gasteiger partial charge in [-0.1, -0.05) is 48.3 Å². The molecule has 0 aliphatic rings. The summed E-state index contributed by atoms with van der Waals surface area (Å²) in [6.45, 7) is 3.72. The fraction of sp³-hybridized carbons (Fsp3) is 0.235. The number of para-hydroxylation sites is 1. The van der Waals surface area contributed by atoms with E-state index in [1.54, 1.807) is 25.1 Å². The predicted molar refractivity (Wildman–Crippen MR) is 91.0 cm³/mol. The van der Waals surface area contributed by atoms with Crippen molar-refractivity contribution in [3.05, 3.63) is 58.1 Å². The fourth-order valence-corrected chi connectivity index (χ4v) is 2.45. The Morgan fingerprint density at radius 2 is 1.95 bits per heavy atom. The molecule has 2 rings (SSSR count). The summed E-state index contributed by atoms with van der Waals surface area (Å²) in [5.41, 5.74) is 1.88. The maximum absolute atomic E-state index is 12.3. The van der Waals surface area contributed by atoms with Crippen molar-refractivity contribution in [2.45, 2.75) is 26.4 Å². The van der Waals surface area contributed by atoms with Gasteiger partial charge in [-0.15, -0.1) is 0 Å². The second-order valence-corrected chi connectivity index (χ2v) is 5.68. The number of ether oxygens (including phenoxy) is 1. The predicted octanol–water partition coefficient (Wildman–Crippen LogP) is 4.96. The number of carbonyl (C=O) groups is 1. The Morgan fingerprint density at radius 1 is 1.23 bits per heavy atom. The summed E-state index contributed by atoms with van der Waals surface area (Å²) in [6.07, 6.45) is 0.165. The number of hydrogen-bond donors (Lipinski definition) is 1. The van der Waals surface area contributed by atoms with E-state index in [9.17, 15) is 4.79 Å². The first kappa shape index (κ1) is 16.7. The first-order valence-electron chi connectivity index (χ1n) is 7.01. The smallest absolute Gasteiger partial charge is 0.265 e. The molecule has 2 aromatic carbocycles. The normalized spacial score (nSPS) is 11.8. The first-order chi connectivity index (χ1) is 10.5. The average molecular weight is 338 g/mol. The molecule has 0 heterocycles. The molecule has 5 heteroatoms. The van der Waals surface area contributed by atoms with Gasteiger partial charge in [-0.25, -0.2) is 0 Å². The zero-order valence-electron chi connectivity index (χ0n) is 12.4. The topological polar surface area (TPSA) is 38.3 Å². The van der Waals surface area contributed by atoms with Crippen molar-refractivity contribution in [3.8, 4) is 5.75 Å². The van der Waals surface area contributed by atoms with Crippen molar-refractivity contribution in [2.24, 2.45) is 0 Å². The average Bonchev–Trinajstić information content (AvgIpc) is 2.50. The maximum atomic E-state index is 12.3. The van der Waals surface area contributed by atoms with Crippen LogP contribution < -0.4 is 10.1 Å². The molecule has 1 N–H and O–H groups in total. The first-order valence-corrected chi connectivity index (χ1v) is 7.77. The Labute approximate surface area is 140 Å². The Hall–Kier alpha value is -1.71. The van der Waals surface area contributed by atoms with Crippen molar-refractivity contribution in [3.63, 3.8) is 0 Å². The van der Waals surface area contributed by atoms with Crippen LogP contribution in [0.2, 0.25) is 10.0 Å². The van der Waals surface area contributed by atoms with Crippen LogP contribution in [0, 0.1) is 0 Å². The van der Waals surface area contributed by atoms with Gasteiger partial charge in [0.25, 0.3) is 5.91 Å². The SMILES string of the molecule is CCc1ccccc1NC(=O)[C@H](C)Oc1ccc(Cl)cc1Cl. The summed E-state index contributed by atoms with van der Waals surface area (Å²) in [6, 6.07) is 12.6. The third-order valence-corrected chi connectivity index (χ3v) is 3.75. The molecule has 0 saturated carbocycles. The van der Waals surface area contributed by atoms with Gasteiger partial charge in [0.15, 0.2) is 6.10 Å². The third-order valence-electron chi connectivity index (χ3n) is 3.22. The Kier molecular flexibility index (Phi) is 5.69. The Balaban J connectivity index is 2.06. The fourth-order valence-electron chi connectivity index (χ4n) is 2.00. The van der Waals surface area contributed by atoms with Crippen LogP contribution >= 0.6 is 23.2 Å². The molecular formula is C17H17Cl2NO2. The summed E-state index contributed by atoms with van der Waals surface area (Å²) in [5.74, 6) is 0.199. The minimum atomic E-state index is -0.677. The number of anilines is 1. The molecule has 0 radical (unpaired) electrons. The van der Waals surface area contributed by atoms with Crippen LogP contribution in [0.5, 0.6) is 5.75 Å². The van der Waals surface area contributed by atoms with Gasteiger partial charge in [-0.05, 0) is 43.2 Å². The van der Waals surface area contributed by atoms with Gasteiger partial charge >= 0.3 is 0 Å². The van der Waals surface area contributed by atoms with Crippen LogP contribution in [0.4, 0.5) is 5.69 Å². The molecule has 0 aliphatic heterocycles. The highest BCUT2D eigenvalue weighted by molar-refractivity contribution is 6.35. The molecule has 0 bridgehead atoms. The zero-order chi connectivity index (χ0) is 16.1. The van der Waals surface area contributed by atoms with Crippen molar-refractivity contribution in [2.75, 3.05) is 5.32 Å². The highest BCUT2D eigenvalue weighted by atomic mass is 35.5. The Morgan fingerprint density at radius 3 is 2.64 bits per heavy atom. The molecule has 0 saturated heterocycles. The summed E-state index contributed by atoms with van der Waals surface area (Å²) in [5, 5.41) is 3.77. The van der Waals surface area contributed by atoms with Gasteiger partial charge in [0.05, 0.1) is 5.02 Å². The van der Waals surface area contributed by atoms with Gasteiger partial charge in [-0.3, -0.25) is 4.79 Å². The second kappa shape index (κ2) is 7.52. The van der Waals surface area contributed by atoms with Crippen molar-refractivity contribution < 1.29 is 9.53 Å². The molecule has 116 valence electrons. The molecule has 3 nitrogen and oxygen atoms in total. The van der Waals surface area contributed by atoms with Gasteiger partial charge in [0.1, 0.15) is 5.75 Å². The summed E-state index contributed by atoms with van der Waals surface area (Å²) in [4.78, 5) is 12.3. The quantitative estimate of drug-likeness (QED) is 0.837. The minimum absolute atomic E-state index is 0.230. The third kappa shape index (κ3) is 4.15. The van der Waals surface area contributed by atoms with Gasteiger partial charge < -0.3 is 10.1 Å². The summed E-state index contributed by atoms with van der Waals surface area (Å²) in [7, 11) is 0. The molecule has 0 fully saturated rings. The van der Waals surface area contributed by atoms with E-state index in [4.69, 9.17) is 27.9 Å². The van der Waals surface area contributed by atoms with E-state index in [1.807, 2.05) is 31.2 Å². The molecular weight excluding hydrogens is 321 g/mol. The number of rotatable bonds is 5. The van der Waals surface area contributed by atoms with Crippen molar-refractivity contribution in [1.82, 2.24) is 0 Å². The summed E-state index contributed by atoms with van der Waals surface area (Å²) < 4.78 is 5.60. The van der Waals surface area contributed by atoms with Crippen LogP contribution in [-0.4, -0.2) is 12.0 Å². The van der Waals surface area contributed by atoms with E-state index in [0.29, 0.717) is 15.8 Å². The molecule has 1 amide bonds. The van der Waals surface area contributed by atoms with E-state index in [2.05, 4.69) is 5.32 Å². The maximum Gasteiger partial charge on any atom is 0.265 e. The van der Waals surface area contributed by atoms with Crippen LogP contribution in [0.1, 0.15) is 19.4 Å². The highest BCUT2D eigenvalue weighted by Crippen LogP contribution is 2.28. The molecule has 0 unspecified atom stereocenters. The lowest BCUT2D eigenvalue weighted by Crippen LogP contribution is -2.30. The van der Waals surface area contributed by atoms with Crippen molar-refractivity contribution >= 4 is 34.8 Å². The van der Waals surface area contributed by atoms with E-state index < -0.39 is 6.10 Å². The molecule has 1 atom stereocenters. The number of benzene rings is 2. The summed E-state index contributed by atoms with van der Waals surface area (Å²) >= 11 is 11.9. The second-order valence-electron chi connectivity index (χ2n) is 4.83. The number of carbonyl (C=O) groups excluding carboxylic acids is 1. The van der Waals surface area contributed by atoms with E-state index in [-0.39, 0.29) is 5.91 Å². The van der Waals surface area contributed by atoms with Crippen LogP contribution in [-0.2, 0) is 11.2 Å². The van der Waals surface area contributed by atoms with Crippen LogP contribution in [0.15, 0.2) is 42.5 Å².